The van der Waals surface area contributed by atoms with Crippen LogP contribution in [0.1, 0.15) is 36.8 Å². The quantitative estimate of drug-likeness (QED) is 0.832. The molecule has 0 radical (unpaired) electrons. The average Bonchev–Trinajstić information content (AvgIpc) is 2.29. The van der Waals surface area contributed by atoms with Crippen molar-refractivity contribution in [3.8, 4) is 0 Å². The Morgan fingerprint density at radius 1 is 1.56 bits per heavy atom. The van der Waals surface area contributed by atoms with Crippen molar-refractivity contribution in [1.29, 1.82) is 0 Å². The van der Waals surface area contributed by atoms with Crippen LogP contribution in [-0.4, -0.2) is 23.3 Å². The van der Waals surface area contributed by atoms with E-state index in [4.69, 9.17) is 4.74 Å². The molecule has 3 heteroatoms. The third kappa shape index (κ3) is 2.11. The molecule has 1 fully saturated rings. The zero-order chi connectivity index (χ0) is 11.6. The maximum atomic E-state index is 10.7. The highest BCUT2D eigenvalue weighted by atomic mass is 16.5. The number of hydrogen-bond acceptors (Lipinski definition) is 3. The van der Waals surface area contributed by atoms with Crippen LogP contribution in [-0.2, 0) is 10.3 Å². The van der Waals surface area contributed by atoms with Gasteiger partial charge in [0.05, 0.1) is 11.7 Å². The van der Waals surface area contributed by atoms with Crippen LogP contribution >= 0.6 is 0 Å². The maximum Gasteiger partial charge on any atom is 0.0938 e. The zero-order valence-corrected chi connectivity index (χ0v) is 9.94. The molecule has 1 saturated carbocycles. The van der Waals surface area contributed by atoms with Gasteiger partial charge in [-0.05, 0) is 37.8 Å². The van der Waals surface area contributed by atoms with Crippen molar-refractivity contribution in [2.24, 2.45) is 0 Å². The standard InChI is InChI=1S/C13H19NO2/c1-10-5-7-14-9-12(10)13(15)6-3-4-11(8-13)16-2/h5,7,9,11,15H,3-4,6,8H2,1-2H3. The lowest BCUT2D eigenvalue weighted by molar-refractivity contribution is -0.0636. The molecule has 2 rings (SSSR count). The van der Waals surface area contributed by atoms with Crippen molar-refractivity contribution < 1.29 is 9.84 Å². The lowest BCUT2D eigenvalue weighted by atomic mass is 9.77. The van der Waals surface area contributed by atoms with E-state index >= 15 is 0 Å². The summed E-state index contributed by atoms with van der Waals surface area (Å²) in [5, 5.41) is 10.7. The van der Waals surface area contributed by atoms with Gasteiger partial charge < -0.3 is 9.84 Å². The number of methoxy groups -OCH3 is 1. The summed E-state index contributed by atoms with van der Waals surface area (Å²) < 4.78 is 5.37. The number of aliphatic hydroxyl groups is 1. The minimum Gasteiger partial charge on any atom is -0.385 e. The average molecular weight is 221 g/mol. The number of pyridine rings is 1. The van der Waals surface area contributed by atoms with E-state index in [1.807, 2.05) is 13.0 Å². The summed E-state index contributed by atoms with van der Waals surface area (Å²) in [5.41, 5.74) is 1.31. The summed E-state index contributed by atoms with van der Waals surface area (Å²) in [6, 6.07) is 1.95. The lowest BCUT2D eigenvalue weighted by Gasteiger charge is -2.37. The van der Waals surface area contributed by atoms with E-state index in [0.29, 0.717) is 6.42 Å². The highest BCUT2D eigenvalue weighted by molar-refractivity contribution is 5.28. The van der Waals surface area contributed by atoms with Crippen molar-refractivity contribution in [3.05, 3.63) is 29.6 Å². The van der Waals surface area contributed by atoms with Gasteiger partial charge in [0.15, 0.2) is 0 Å². The molecule has 0 spiro atoms. The highest BCUT2D eigenvalue weighted by Gasteiger charge is 2.37. The van der Waals surface area contributed by atoms with Crippen molar-refractivity contribution >= 4 is 0 Å². The number of aromatic nitrogens is 1. The maximum absolute atomic E-state index is 10.7. The fourth-order valence-electron chi connectivity index (χ4n) is 2.60. The topological polar surface area (TPSA) is 42.4 Å². The molecular formula is C13H19NO2. The molecule has 3 nitrogen and oxygen atoms in total. The Balaban J connectivity index is 2.27. The summed E-state index contributed by atoms with van der Waals surface area (Å²) in [4.78, 5) is 4.12. The van der Waals surface area contributed by atoms with Crippen LogP contribution in [0, 0.1) is 6.92 Å². The second-order valence-electron chi connectivity index (χ2n) is 4.68. The van der Waals surface area contributed by atoms with Crippen molar-refractivity contribution in [1.82, 2.24) is 4.98 Å². The largest absolute Gasteiger partial charge is 0.385 e. The summed E-state index contributed by atoms with van der Waals surface area (Å²) in [5.74, 6) is 0. The fraction of sp³-hybridized carbons (Fsp3) is 0.615. The number of ether oxygens (including phenoxy) is 1. The molecule has 1 aromatic rings. The summed E-state index contributed by atoms with van der Waals surface area (Å²) in [7, 11) is 1.71. The number of aryl methyl sites for hydroxylation is 1. The van der Waals surface area contributed by atoms with Gasteiger partial charge in [0.2, 0.25) is 0 Å². The summed E-state index contributed by atoms with van der Waals surface area (Å²) in [6.45, 7) is 2.02. The second-order valence-corrected chi connectivity index (χ2v) is 4.68. The first-order chi connectivity index (χ1) is 7.65. The van der Waals surface area contributed by atoms with Gasteiger partial charge in [-0.15, -0.1) is 0 Å². The van der Waals surface area contributed by atoms with Gasteiger partial charge in [-0.3, -0.25) is 4.98 Å². The van der Waals surface area contributed by atoms with Gasteiger partial charge >= 0.3 is 0 Å². The molecule has 0 bridgehead atoms. The Hall–Kier alpha value is -0.930. The molecule has 16 heavy (non-hydrogen) atoms. The van der Waals surface area contributed by atoms with Gasteiger partial charge in [0, 0.05) is 31.5 Å². The zero-order valence-electron chi connectivity index (χ0n) is 9.94. The minimum absolute atomic E-state index is 0.165. The molecule has 88 valence electrons. The van der Waals surface area contributed by atoms with E-state index in [9.17, 15) is 5.11 Å². The normalized spacial score (nSPS) is 30.3. The van der Waals surface area contributed by atoms with Gasteiger partial charge in [0.25, 0.3) is 0 Å². The van der Waals surface area contributed by atoms with Crippen LogP contribution in [0.3, 0.4) is 0 Å². The second kappa shape index (κ2) is 4.52. The first kappa shape index (κ1) is 11.6. The molecule has 0 amide bonds. The van der Waals surface area contributed by atoms with E-state index < -0.39 is 5.60 Å². The van der Waals surface area contributed by atoms with E-state index in [0.717, 1.165) is 30.4 Å². The SMILES string of the molecule is COC1CCCC(O)(c2cnccc2C)C1. The van der Waals surface area contributed by atoms with Gasteiger partial charge in [-0.25, -0.2) is 0 Å². The molecule has 1 aliphatic rings. The third-order valence-corrected chi connectivity index (χ3v) is 3.56. The first-order valence-electron chi connectivity index (χ1n) is 5.82. The number of nitrogens with zero attached hydrogens (tertiary/aromatic N) is 1. The minimum atomic E-state index is -0.753. The van der Waals surface area contributed by atoms with Crippen molar-refractivity contribution in [3.63, 3.8) is 0 Å². The number of rotatable bonds is 2. The molecule has 2 atom stereocenters. The van der Waals surface area contributed by atoms with E-state index in [1.54, 1.807) is 19.5 Å². The molecule has 1 heterocycles. The molecule has 0 aliphatic heterocycles. The third-order valence-electron chi connectivity index (χ3n) is 3.56. The van der Waals surface area contributed by atoms with Gasteiger partial charge in [-0.2, -0.15) is 0 Å². The molecule has 0 saturated heterocycles. The Bertz CT molecular complexity index is 367. The predicted molar refractivity (Wildman–Crippen MR) is 62.1 cm³/mol. The predicted octanol–water partition coefficient (Wildman–Crippen LogP) is 2.17. The van der Waals surface area contributed by atoms with Crippen molar-refractivity contribution in [2.45, 2.75) is 44.3 Å². The van der Waals surface area contributed by atoms with Crippen LogP contribution in [0.4, 0.5) is 0 Å². The Morgan fingerprint density at radius 2 is 2.38 bits per heavy atom. The Labute approximate surface area is 96.5 Å². The first-order valence-corrected chi connectivity index (χ1v) is 5.82. The van der Waals surface area contributed by atoms with Crippen LogP contribution in [0.15, 0.2) is 18.5 Å². The van der Waals surface area contributed by atoms with E-state index in [2.05, 4.69) is 4.98 Å². The summed E-state index contributed by atoms with van der Waals surface area (Å²) in [6.07, 6.45) is 7.24. The number of hydrogen-bond donors (Lipinski definition) is 1. The lowest BCUT2D eigenvalue weighted by Crippen LogP contribution is -2.36. The monoisotopic (exact) mass is 221 g/mol. The molecule has 1 aromatic heterocycles. The highest BCUT2D eigenvalue weighted by Crippen LogP contribution is 2.38. The Kier molecular flexibility index (Phi) is 3.26. The smallest absolute Gasteiger partial charge is 0.0938 e. The van der Waals surface area contributed by atoms with Gasteiger partial charge in [-0.1, -0.05) is 0 Å². The fourth-order valence-corrected chi connectivity index (χ4v) is 2.60. The van der Waals surface area contributed by atoms with Crippen LogP contribution in [0.5, 0.6) is 0 Å². The van der Waals surface area contributed by atoms with Crippen molar-refractivity contribution in [2.75, 3.05) is 7.11 Å². The van der Waals surface area contributed by atoms with E-state index in [-0.39, 0.29) is 6.10 Å². The summed E-state index contributed by atoms with van der Waals surface area (Å²) >= 11 is 0. The van der Waals surface area contributed by atoms with Crippen LogP contribution < -0.4 is 0 Å². The molecule has 1 N–H and O–H groups in total. The molecule has 1 aliphatic carbocycles. The van der Waals surface area contributed by atoms with Gasteiger partial charge in [0.1, 0.15) is 0 Å². The molecule has 0 aromatic carbocycles. The Morgan fingerprint density at radius 3 is 3.06 bits per heavy atom. The molecule has 2 unspecified atom stereocenters. The molecular weight excluding hydrogens is 202 g/mol. The van der Waals surface area contributed by atoms with E-state index in [1.165, 1.54) is 0 Å². The van der Waals surface area contributed by atoms with Crippen LogP contribution in [0.25, 0.3) is 0 Å². The van der Waals surface area contributed by atoms with Crippen LogP contribution in [0.2, 0.25) is 0 Å².